The van der Waals surface area contributed by atoms with Crippen molar-refractivity contribution in [2.75, 3.05) is 27.3 Å². The summed E-state index contributed by atoms with van der Waals surface area (Å²) in [6.07, 6.45) is 1.44. The highest BCUT2D eigenvalue weighted by Gasteiger charge is 2.26. The fraction of sp³-hybridized carbons (Fsp3) is 0.280. The van der Waals surface area contributed by atoms with Gasteiger partial charge in [0.05, 0.1) is 14.2 Å². The molecule has 31 heavy (non-hydrogen) atoms. The van der Waals surface area contributed by atoms with Crippen LogP contribution in [0, 0.1) is 0 Å². The topological polar surface area (TPSA) is 67.9 Å². The molecule has 0 aliphatic carbocycles. The third-order valence-corrected chi connectivity index (χ3v) is 5.78. The van der Waals surface area contributed by atoms with E-state index in [9.17, 15) is 9.59 Å². The predicted molar refractivity (Wildman–Crippen MR) is 120 cm³/mol. The fourth-order valence-corrected chi connectivity index (χ4v) is 4.07. The van der Waals surface area contributed by atoms with Gasteiger partial charge in [0.2, 0.25) is 0 Å². The number of rotatable bonds is 5. The van der Waals surface area contributed by atoms with Gasteiger partial charge in [-0.1, -0.05) is 36.4 Å². The molecule has 0 bridgehead atoms. The zero-order valence-corrected chi connectivity index (χ0v) is 17.8. The predicted octanol–water partition coefficient (Wildman–Crippen LogP) is 3.89. The first-order valence-corrected chi connectivity index (χ1v) is 10.4. The molecule has 1 aliphatic rings. The van der Waals surface area contributed by atoms with Crippen molar-refractivity contribution in [3.05, 3.63) is 71.8 Å². The molecule has 3 aromatic rings. The van der Waals surface area contributed by atoms with Gasteiger partial charge in [-0.05, 0) is 47.9 Å². The van der Waals surface area contributed by atoms with Crippen LogP contribution < -0.4 is 14.8 Å². The molecule has 6 nitrogen and oxygen atoms in total. The van der Waals surface area contributed by atoms with Crippen LogP contribution in [-0.2, 0) is 0 Å². The Bertz CT molecular complexity index is 1100. The van der Waals surface area contributed by atoms with E-state index in [1.165, 1.54) is 0 Å². The van der Waals surface area contributed by atoms with Crippen molar-refractivity contribution < 1.29 is 19.1 Å². The monoisotopic (exact) mass is 418 g/mol. The summed E-state index contributed by atoms with van der Waals surface area (Å²) in [7, 11) is 3.12. The Morgan fingerprint density at radius 3 is 2.35 bits per heavy atom. The van der Waals surface area contributed by atoms with Gasteiger partial charge in [0, 0.05) is 30.3 Å². The highest BCUT2D eigenvalue weighted by Crippen LogP contribution is 2.28. The summed E-state index contributed by atoms with van der Waals surface area (Å²) in [6.45, 7) is 1.18. The smallest absolute Gasteiger partial charge is 0.253 e. The summed E-state index contributed by atoms with van der Waals surface area (Å²) in [5, 5.41) is 5.14. The molecule has 6 heteroatoms. The molecular weight excluding hydrogens is 392 g/mol. The van der Waals surface area contributed by atoms with Gasteiger partial charge in [-0.2, -0.15) is 0 Å². The van der Waals surface area contributed by atoms with Crippen LogP contribution in [0.1, 0.15) is 33.6 Å². The number of nitrogens with one attached hydrogen (secondary N) is 1. The van der Waals surface area contributed by atoms with Crippen LogP contribution in [-0.4, -0.2) is 50.1 Å². The van der Waals surface area contributed by atoms with Crippen LogP contribution in [0.4, 0.5) is 0 Å². The summed E-state index contributed by atoms with van der Waals surface area (Å²) in [4.78, 5) is 27.6. The Morgan fingerprint density at radius 1 is 0.903 bits per heavy atom. The first kappa shape index (κ1) is 20.7. The normalized spacial score (nSPS) is 14.3. The number of carbonyl (C=O) groups excluding carboxylic acids is 2. The molecule has 0 unspecified atom stereocenters. The Balaban J connectivity index is 1.38. The van der Waals surface area contributed by atoms with Crippen LogP contribution in [0.2, 0.25) is 0 Å². The van der Waals surface area contributed by atoms with Gasteiger partial charge in [-0.15, -0.1) is 0 Å². The van der Waals surface area contributed by atoms with Crippen LogP contribution in [0.5, 0.6) is 11.5 Å². The fourth-order valence-electron chi connectivity index (χ4n) is 4.07. The molecule has 160 valence electrons. The molecule has 0 spiro atoms. The van der Waals surface area contributed by atoms with Gasteiger partial charge in [-0.25, -0.2) is 0 Å². The Labute approximate surface area is 181 Å². The third kappa shape index (κ3) is 4.33. The van der Waals surface area contributed by atoms with E-state index in [4.69, 9.17) is 9.47 Å². The molecule has 1 heterocycles. The standard InChI is InChI=1S/C25H26N2O4/c1-30-22-11-10-18(16-23(22)31-2)25(29)27-14-12-19(13-15-27)26-24(28)21-9-5-7-17-6-3-4-8-20(17)21/h3-11,16,19H,12-15H2,1-2H3,(H,26,28). The number of likely N-dealkylation sites (tertiary alicyclic amines) is 1. The molecular formula is C25H26N2O4. The molecule has 0 saturated carbocycles. The van der Waals surface area contributed by atoms with Gasteiger partial charge in [0.15, 0.2) is 11.5 Å². The van der Waals surface area contributed by atoms with Crippen LogP contribution in [0.25, 0.3) is 10.8 Å². The van der Waals surface area contributed by atoms with Crippen molar-refractivity contribution in [3.63, 3.8) is 0 Å². The number of methoxy groups -OCH3 is 2. The molecule has 0 radical (unpaired) electrons. The number of benzene rings is 3. The van der Waals surface area contributed by atoms with Crippen LogP contribution >= 0.6 is 0 Å². The Hall–Kier alpha value is -3.54. The van der Waals surface area contributed by atoms with Crippen molar-refractivity contribution >= 4 is 22.6 Å². The molecule has 1 saturated heterocycles. The second-order valence-corrected chi connectivity index (χ2v) is 7.64. The van der Waals surface area contributed by atoms with Gasteiger partial charge >= 0.3 is 0 Å². The highest BCUT2D eigenvalue weighted by atomic mass is 16.5. The summed E-state index contributed by atoms with van der Waals surface area (Å²) in [6, 6.07) is 18.9. The molecule has 1 aliphatic heterocycles. The molecule has 0 atom stereocenters. The largest absolute Gasteiger partial charge is 0.493 e. The van der Waals surface area contributed by atoms with Crippen LogP contribution in [0.3, 0.4) is 0 Å². The average molecular weight is 418 g/mol. The maximum atomic E-state index is 12.9. The summed E-state index contributed by atoms with van der Waals surface area (Å²) < 4.78 is 10.5. The number of carbonyl (C=O) groups is 2. The Kier molecular flexibility index (Phi) is 6.07. The van der Waals surface area contributed by atoms with Crippen molar-refractivity contribution in [3.8, 4) is 11.5 Å². The molecule has 3 aromatic carbocycles. The maximum Gasteiger partial charge on any atom is 0.253 e. The van der Waals surface area contributed by atoms with E-state index in [1.807, 2.05) is 47.4 Å². The number of piperidine rings is 1. The minimum atomic E-state index is -0.0681. The number of hydrogen-bond donors (Lipinski definition) is 1. The van der Waals surface area contributed by atoms with E-state index < -0.39 is 0 Å². The minimum absolute atomic E-state index is 0.0419. The van der Waals surface area contributed by atoms with Crippen molar-refractivity contribution in [2.24, 2.45) is 0 Å². The quantitative estimate of drug-likeness (QED) is 0.683. The van der Waals surface area contributed by atoms with Crippen LogP contribution in [0.15, 0.2) is 60.7 Å². The number of fused-ring (bicyclic) bond motifs is 1. The zero-order chi connectivity index (χ0) is 21.8. The van der Waals surface area contributed by atoms with E-state index >= 15 is 0 Å². The lowest BCUT2D eigenvalue weighted by Gasteiger charge is -2.32. The van der Waals surface area contributed by atoms with E-state index in [-0.39, 0.29) is 17.9 Å². The number of amides is 2. The molecule has 0 aromatic heterocycles. The van der Waals surface area contributed by atoms with E-state index in [0.717, 1.165) is 23.6 Å². The summed E-state index contributed by atoms with van der Waals surface area (Å²) >= 11 is 0. The minimum Gasteiger partial charge on any atom is -0.493 e. The average Bonchev–Trinajstić information content (AvgIpc) is 2.83. The second-order valence-electron chi connectivity index (χ2n) is 7.64. The lowest BCUT2D eigenvalue weighted by atomic mass is 10.0. The van der Waals surface area contributed by atoms with Crippen molar-refractivity contribution in [1.29, 1.82) is 0 Å². The van der Waals surface area contributed by atoms with E-state index in [0.29, 0.717) is 35.7 Å². The van der Waals surface area contributed by atoms with Crippen molar-refractivity contribution in [1.82, 2.24) is 10.2 Å². The lowest BCUT2D eigenvalue weighted by molar-refractivity contribution is 0.0698. The van der Waals surface area contributed by atoms with Gasteiger partial charge in [0.1, 0.15) is 0 Å². The number of ether oxygens (including phenoxy) is 2. The van der Waals surface area contributed by atoms with Gasteiger partial charge in [0.25, 0.3) is 11.8 Å². The summed E-state index contributed by atoms with van der Waals surface area (Å²) in [5.74, 6) is 1.01. The molecule has 1 N–H and O–H groups in total. The second kappa shape index (κ2) is 9.08. The Morgan fingerprint density at radius 2 is 1.61 bits per heavy atom. The lowest BCUT2D eigenvalue weighted by Crippen LogP contribution is -2.46. The summed E-state index contributed by atoms with van der Waals surface area (Å²) in [5.41, 5.74) is 1.25. The number of nitrogens with zero attached hydrogens (tertiary/aromatic N) is 1. The highest BCUT2D eigenvalue weighted by molar-refractivity contribution is 6.07. The molecule has 4 rings (SSSR count). The van der Waals surface area contributed by atoms with Gasteiger partial charge < -0.3 is 19.7 Å². The maximum absolute atomic E-state index is 12.9. The molecule has 1 fully saturated rings. The van der Waals surface area contributed by atoms with E-state index in [1.54, 1.807) is 32.4 Å². The third-order valence-electron chi connectivity index (χ3n) is 5.78. The van der Waals surface area contributed by atoms with Gasteiger partial charge in [-0.3, -0.25) is 9.59 Å². The molecule has 2 amide bonds. The first-order chi connectivity index (χ1) is 15.1. The first-order valence-electron chi connectivity index (χ1n) is 10.4. The SMILES string of the molecule is COc1ccc(C(=O)N2CCC(NC(=O)c3cccc4ccccc34)CC2)cc1OC. The van der Waals surface area contributed by atoms with E-state index in [2.05, 4.69) is 5.32 Å². The zero-order valence-electron chi connectivity index (χ0n) is 17.8. The van der Waals surface area contributed by atoms with Crippen molar-refractivity contribution in [2.45, 2.75) is 18.9 Å². The number of hydrogen-bond acceptors (Lipinski definition) is 4.